The molecule has 0 spiro atoms. The van der Waals surface area contributed by atoms with Gasteiger partial charge in [-0.1, -0.05) is 12.1 Å². The van der Waals surface area contributed by atoms with Crippen LogP contribution >= 0.6 is 0 Å². The topological polar surface area (TPSA) is 95.1 Å². The SMILES string of the molecule is CC(NC(=O)CCC(=O)O)c1nc2ccccc2[nH]1. The number of carboxylic acid groups (broad SMARTS) is 1. The van der Waals surface area contributed by atoms with Crippen molar-refractivity contribution >= 4 is 22.9 Å². The number of aromatic nitrogens is 2. The first-order valence-electron chi connectivity index (χ1n) is 6.02. The first-order valence-corrected chi connectivity index (χ1v) is 6.02. The molecule has 0 bridgehead atoms. The predicted octanol–water partition coefficient (Wildman–Crippen LogP) is 1.60. The van der Waals surface area contributed by atoms with Gasteiger partial charge in [0, 0.05) is 6.42 Å². The van der Waals surface area contributed by atoms with Gasteiger partial charge in [0.15, 0.2) is 0 Å². The normalized spacial score (nSPS) is 12.3. The molecule has 100 valence electrons. The fourth-order valence-electron chi connectivity index (χ4n) is 1.78. The third-order valence-electron chi connectivity index (χ3n) is 2.76. The minimum atomic E-state index is -0.980. The minimum Gasteiger partial charge on any atom is -0.481 e. The summed E-state index contributed by atoms with van der Waals surface area (Å²) in [6, 6.07) is 7.30. The quantitative estimate of drug-likeness (QED) is 0.761. The van der Waals surface area contributed by atoms with Gasteiger partial charge in [-0.2, -0.15) is 0 Å². The number of carbonyl (C=O) groups excluding carboxylic acids is 1. The van der Waals surface area contributed by atoms with Gasteiger partial charge in [0.25, 0.3) is 0 Å². The van der Waals surface area contributed by atoms with Crippen LogP contribution in [-0.2, 0) is 9.59 Å². The van der Waals surface area contributed by atoms with E-state index < -0.39 is 5.97 Å². The second-order valence-corrected chi connectivity index (χ2v) is 4.32. The van der Waals surface area contributed by atoms with Crippen molar-refractivity contribution in [2.45, 2.75) is 25.8 Å². The number of H-pyrrole nitrogens is 1. The first kappa shape index (κ1) is 13.1. The Labute approximate surface area is 109 Å². The number of hydrogen-bond acceptors (Lipinski definition) is 3. The van der Waals surface area contributed by atoms with Gasteiger partial charge in [0.1, 0.15) is 5.82 Å². The summed E-state index contributed by atoms with van der Waals surface area (Å²) in [4.78, 5) is 29.4. The fourth-order valence-corrected chi connectivity index (χ4v) is 1.78. The highest BCUT2D eigenvalue weighted by molar-refractivity contribution is 5.81. The number of imidazole rings is 1. The lowest BCUT2D eigenvalue weighted by Gasteiger charge is -2.10. The van der Waals surface area contributed by atoms with E-state index >= 15 is 0 Å². The molecule has 3 N–H and O–H groups in total. The van der Waals surface area contributed by atoms with Gasteiger partial charge in [0.05, 0.1) is 23.5 Å². The molecule has 19 heavy (non-hydrogen) atoms. The van der Waals surface area contributed by atoms with Crippen molar-refractivity contribution < 1.29 is 14.7 Å². The zero-order chi connectivity index (χ0) is 13.8. The molecule has 0 radical (unpaired) electrons. The molecule has 0 aliphatic carbocycles. The maximum absolute atomic E-state index is 11.5. The molecule has 6 heteroatoms. The fraction of sp³-hybridized carbons (Fsp3) is 0.308. The van der Waals surface area contributed by atoms with Crippen LogP contribution in [0.2, 0.25) is 0 Å². The van der Waals surface area contributed by atoms with E-state index in [9.17, 15) is 9.59 Å². The molecule has 1 atom stereocenters. The third kappa shape index (κ3) is 3.31. The van der Waals surface area contributed by atoms with Crippen LogP contribution in [0.3, 0.4) is 0 Å². The van der Waals surface area contributed by atoms with Gasteiger partial charge in [-0.15, -0.1) is 0 Å². The first-order chi connectivity index (χ1) is 9.06. The van der Waals surface area contributed by atoms with Gasteiger partial charge in [0.2, 0.25) is 5.91 Å². The van der Waals surface area contributed by atoms with Gasteiger partial charge < -0.3 is 15.4 Å². The number of aromatic amines is 1. The molecule has 1 aromatic heterocycles. The zero-order valence-corrected chi connectivity index (χ0v) is 10.5. The summed E-state index contributed by atoms with van der Waals surface area (Å²) in [6.07, 6.45) is -0.196. The molecule has 0 fully saturated rings. The second kappa shape index (κ2) is 5.51. The third-order valence-corrected chi connectivity index (χ3v) is 2.76. The number of carbonyl (C=O) groups is 2. The van der Waals surface area contributed by atoms with Crippen LogP contribution < -0.4 is 5.32 Å². The smallest absolute Gasteiger partial charge is 0.303 e. The summed E-state index contributed by atoms with van der Waals surface area (Å²) in [5.74, 6) is -0.619. The van der Waals surface area contributed by atoms with E-state index in [4.69, 9.17) is 5.11 Å². The van der Waals surface area contributed by atoms with Crippen molar-refractivity contribution in [2.24, 2.45) is 0 Å². The van der Waals surface area contributed by atoms with E-state index in [1.807, 2.05) is 24.3 Å². The maximum atomic E-state index is 11.5. The largest absolute Gasteiger partial charge is 0.481 e. The van der Waals surface area contributed by atoms with Crippen LogP contribution in [0.15, 0.2) is 24.3 Å². The van der Waals surface area contributed by atoms with E-state index in [0.717, 1.165) is 11.0 Å². The Bertz CT molecular complexity index is 573. The Kier molecular flexibility index (Phi) is 3.79. The highest BCUT2D eigenvalue weighted by Crippen LogP contribution is 2.15. The molecule has 1 unspecified atom stereocenters. The summed E-state index contributed by atoms with van der Waals surface area (Å²) in [5.41, 5.74) is 1.74. The number of aliphatic carboxylic acids is 1. The summed E-state index contributed by atoms with van der Waals surface area (Å²) in [7, 11) is 0. The molecule has 2 aromatic rings. The second-order valence-electron chi connectivity index (χ2n) is 4.32. The Hall–Kier alpha value is -2.37. The molecule has 0 aliphatic rings. The van der Waals surface area contributed by atoms with E-state index in [-0.39, 0.29) is 24.8 Å². The van der Waals surface area contributed by atoms with Crippen LogP contribution in [-0.4, -0.2) is 27.0 Å². The number of fused-ring (bicyclic) bond motifs is 1. The monoisotopic (exact) mass is 261 g/mol. The Balaban J connectivity index is 2.01. The number of benzene rings is 1. The summed E-state index contributed by atoms with van der Waals surface area (Å²) < 4.78 is 0. The van der Waals surface area contributed by atoms with Crippen molar-refractivity contribution in [2.75, 3.05) is 0 Å². The van der Waals surface area contributed by atoms with Crippen molar-refractivity contribution in [3.05, 3.63) is 30.1 Å². The Morgan fingerprint density at radius 1 is 1.37 bits per heavy atom. The number of amides is 1. The number of nitrogens with zero attached hydrogens (tertiary/aromatic N) is 1. The lowest BCUT2D eigenvalue weighted by molar-refractivity contribution is -0.138. The van der Waals surface area contributed by atoms with Gasteiger partial charge >= 0.3 is 5.97 Å². The van der Waals surface area contributed by atoms with Crippen molar-refractivity contribution in [3.8, 4) is 0 Å². The van der Waals surface area contributed by atoms with Crippen LogP contribution in [0.25, 0.3) is 11.0 Å². The lowest BCUT2D eigenvalue weighted by atomic mass is 10.2. The van der Waals surface area contributed by atoms with Crippen molar-refractivity contribution in [3.63, 3.8) is 0 Å². The average Bonchev–Trinajstić information content (AvgIpc) is 2.80. The number of rotatable bonds is 5. The van der Waals surface area contributed by atoms with Gasteiger partial charge in [-0.3, -0.25) is 9.59 Å². The number of hydrogen-bond donors (Lipinski definition) is 3. The van der Waals surface area contributed by atoms with Crippen LogP contribution in [0, 0.1) is 0 Å². The molecule has 0 saturated heterocycles. The molecule has 1 aromatic carbocycles. The number of carboxylic acids is 1. The number of nitrogens with one attached hydrogen (secondary N) is 2. The zero-order valence-electron chi connectivity index (χ0n) is 10.5. The molecular formula is C13H15N3O3. The molecule has 1 heterocycles. The molecular weight excluding hydrogens is 246 g/mol. The number of para-hydroxylation sites is 2. The Morgan fingerprint density at radius 3 is 2.79 bits per heavy atom. The van der Waals surface area contributed by atoms with Crippen LogP contribution in [0.4, 0.5) is 0 Å². The summed E-state index contributed by atoms with van der Waals surface area (Å²) in [6.45, 7) is 1.80. The molecule has 1 amide bonds. The van der Waals surface area contributed by atoms with Crippen molar-refractivity contribution in [1.82, 2.24) is 15.3 Å². The van der Waals surface area contributed by atoms with Gasteiger partial charge in [-0.05, 0) is 19.1 Å². The standard InChI is InChI=1S/C13H15N3O3/c1-8(14-11(17)6-7-12(18)19)13-15-9-4-2-3-5-10(9)16-13/h2-5,8H,6-7H2,1H3,(H,14,17)(H,15,16)(H,18,19). The predicted molar refractivity (Wildman–Crippen MR) is 69.5 cm³/mol. The lowest BCUT2D eigenvalue weighted by Crippen LogP contribution is -2.27. The van der Waals surface area contributed by atoms with Gasteiger partial charge in [-0.25, -0.2) is 4.98 Å². The summed E-state index contributed by atoms with van der Waals surface area (Å²) >= 11 is 0. The van der Waals surface area contributed by atoms with E-state index in [0.29, 0.717) is 5.82 Å². The Morgan fingerprint density at radius 2 is 2.11 bits per heavy atom. The van der Waals surface area contributed by atoms with E-state index in [1.54, 1.807) is 6.92 Å². The average molecular weight is 261 g/mol. The highest BCUT2D eigenvalue weighted by atomic mass is 16.4. The molecule has 2 rings (SSSR count). The van der Waals surface area contributed by atoms with Crippen LogP contribution in [0.5, 0.6) is 0 Å². The van der Waals surface area contributed by atoms with Crippen molar-refractivity contribution in [1.29, 1.82) is 0 Å². The molecule has 0 saturated carbocycles. The van der Waals surface area contributed by atoms with E-state index in [2.05, 4.69) is 15.3 Å². The minimum absolute atomic E-state index is 0.0279. The maximum Gasteiger partial charge on any atom is 0.303 e. The van der Waals surface area contributed by atoms with Crippen LogP contribution in [0.1, 0.15) is 31.6 Å². The summed E-state index contributed by atoms with van der Waals surface area (Å²) in [5, 5.41) is 11.2. The van der Waals surface area contributed by atoms with E-state index in [1.165, 1.54) is 0 Å². The highest BCUT2D eigenvalue weighted by Gasteiger charge is 2.14. The molecule has 0 aliphatic heterocycles. The molecule has 6 nitrogen and oxygen atoms in total.